The molecule has 116 valence electrons. The molecule has 0 fully saturated rings. The zero-order chi connectivity index (χ0) is 15.4. The number of hydrogen-bond donors (Lipinski definition) is 1. The quantitative estimate of drug-likeness (QED) is 0.844. The lowest BCUT2D eigenvalue weighted by Crippen LogP contribution is -2.26. The summed E-state index contributed by atoms with van der Waals surface area (Å²) in [6.07, 6.45) is 4.63. The van der Waals surface area contributed by atoms with Crippen molar-refractivity contribution >= 4 is 17.5 Å². The molecule has 2 heterocycles. The Balaban J connectivity index is 1.89. The van der Waals surface area contributed by atoms with E-state index in [1.807, 2.05) is 13.0 Å². The molecule has 0 unspecified atom stereocenters. The first-order valence-corrected chi connectivity index (χ1v) is 8.23. The van der Waals surface area contributed by atoms with Crippen molar-refractivity contribution in [2.45, 2.75) is 39.5 Å². The Morgan fingerprint density at radius 2 is 2.09 bits per heavy atom. The van der Waals surface area contributed by atoms with Gasteiger partial charge in [-0.3, -0.25) is 0 Å². The lowest BCUT2D eigenvalue weighted by Gasteiger charge is -2.29. The lowest BCUT2D eigenvalue weighted by atomic mass is 10.0. The van der Waals surface area contributed by atoms with Crippen LogP contribution in [0, 0.1) is 6.92 Å². The highest BCUT2D eigenvalue weighted by atomic mass is 15.3. The van der Waals surface area contributed by atoms with E-state index < -0.39 is 0 Å². The van der Waals surface area contributed by atoms with Crippen molar-refractivity contribution in [2.24, 2.45) is 0 Å². The number of benzene rings is 1. The summed E-state index contributed by atoms with van der Waals surface area (Å²) in [6.45, 7) is 6.17. The lowest BCUT2D eigenvalue weighted by molar-refractivity contribution is 0.748. The molecule has 2 aromatic rings. The normalized spacial score (nSPS) is 13.8. The molecule has 1 aliphatic heterocycles. The van der Waals surface area contributed by atoms with Gasteiger partial charge in [-0.25, -0.2) is 4.98 Å². The van der Waals surface area contributed by atoms with Crippen molar-refractivity contribution in [1.82, 2.24) is 9.97 Å². The second-order valence-corrected chi connectivity index (χ2v) is 5.86. The number of aryl methyl sites for hydroxylation is 2. The van der Waals surface area contributed by atoms with Crippen molar-refractivity contribution in [1.29, 1.82) is 0 Å². The fourth-order valence-electron chi connectivity index (χ4n) is 2.90. The summed E-state index contributed by atoms with van der Waals surface area (Å²) >= 11 is 0. The van der Waals surface area contributed by atoms with Gasteiger partial charge in [-0.1, -0.05) is 31.5 Å². The van der Waals surface area contributed by atoms with Crippen LogP contribution in [0.15, 0.2) is 30.3 Å². The number of rotatable bonds is 5. The summed E-state index contributed by atoms with van der Waals surface area (Å²) in [6, 6.07) is 10.6. The van der Waals surface area contributed by atoms with Crippen LogP contribution >= 0.6 is 0 Å². The molecule has 22 heavy (non-hydrogen) atoms. The molecule has 1 aromatic carbocycles. The van der Waals surface area contributed by atoms with Crippen molar-refractivity contribution in [3.8, 4) is 0 Å². The van der Waals surface area contributed by atoms with E-state index in [0.717, 1.165) is 49.8 Å². The molecule has 0 spiro atoms. The molecule has 0 radical (unpaired) electrons. The zero-order valence-electron chi connectivity index (χ0n) is 13.5. The van der Waals surface area contributed by atoms with Gasteiger partial charge in [0.05, 0.1) is 0 Å². The number of unbranched alkanes of at least 4 members (excludes halogenated alkanes) is 1. The highest BCUT2D eigenvalue weighted by molar-refractivity contribution is 5.64. The predicted octanol–water partition coefficient (Wildman–Crippen LogP) is 4.08. The van der Waals surface area contributed by atoms with Crippen LogP contribution in [0.4, 0.5) is 17.5 Å². The van der Waals surface area contributed by atoms with E-state index in [-0.39, 0.29) is 0 Å². The number of nitrogens with one attached hydrogen (secondary N) is 1. The van der Waals surface area contributed by atoms with Crippen LogP contribution in [0.5, 0.6) is 0 Å². The standard InChI is InChI=1S/C18H24N4/c1-3-4-11-19-17-13-14(2)20-18(21-17)22-12-7-9-15-8-5-6-10-16(15)22/h5-6,8,10,13H,3-4,7,9,11-12H2,1-2H3,(H,19,20,21). The SMILES string of the molecule is CCCCNc1cc(C)nc(N2CCCc3ccccc32)n1. The molecule has 0 saturated carbocycles. The summed E-state index contributed by atoms with van der Waals surface area (Å²) in [5.74, 6) is 1.74. The van der Waals surface area contributed by atoms with Crippen LogP contribution in [-0.2, 0) is 6.42 Å². The molecule has 0 aliphatic carbocycles. The molecule has 4 nitrogen and oxygen atoms in total. The van der Waals surface area contributed by atoms with E-state index >= 15 is 0 Å². The van der Waals surface area contributed by atoms with Crippen LogP contribution in [-0.4, -0.2) is 23.1 Å². The minimum absolute atomic E-state index is 0.811. The molecule has 3 rings (SSSR count). The molecule has 1 aromatic heterocycles. The molecule has 0 saturated heterocycles. The first kappa shape index (κ1) is 14.8. The fraction of sp³-hybridized carbons (Fsp3) is 0.444. The van der Waals surface area contributed by atoms with Gasteiger partial charge in [0.25, 0.3) is 0 Å². The van der Waals surface area contributed by atoms with Crippen LogP contribution in [0.25, 0.3) is 0 Å². The van der Waals surface area contributed by atoms with Gasteiger partial charge >= 0.3 is 0 Å². The van der Waals surface area contributed by atoms with Crippen LogP contribution < -0.4 is 10.2 Å². The fourth-order valence-corrected chi connectivity index (χ4v) is 2.90. The van der Waals surface area contributed by atoms with E-state index in [4.69, 9.17) is 4.98 Å². The van der Waals surface area contributed by atoms with Crippen molar-refractivity contribution in [2.75, 3.05) is 23.3 Å². The maximum absolute atomic E-state index is 4.73. The van der Waals surface area contributed by atoms with Gasteiger partial charge in [-0.2, -0.15) is 4.98 Å². The molecule has 0 amide bonds. The average molecular weight is 296 g/mol. The minimum Gasteiger partial charge on any atom is -0.370 e. The zero-order valence-corrected chi connectivity index (χ0v) is 13.5. The van der Waals surface area contributed by atoms with Crippen molar-refractivity contribution in [3.05, 3.63) is 41.6 Å². The maximum Gasteiger partial charge on any atom is 0.232 e. The summed E-state index contributed by atoms with van der Waals surface area (Å²) in [5, 5.41) is 3.41. The largest absolute Gasteiger partial charge is 0.370 e. The van der Waals surface area contributed by atoms with Crippen LogP contribution in [0.3, 0.4) is 0 Å². The maximum atomic E-state index is 4.73. The molecule has 4 heteroatoms. The molecular formula is C18H24N4. The Bertz CT molecular complexity index is 639. The van der Waals surface area contributed by atoms with Gasteiger partial charge in [0, 0.05) is 30.5 Å². The number of hydrogen-bond acceptors (Lipinski definition) is 4. The topological polar surface area (TPSA) is 41.1 Å². The van der Waals surface area contributed by atoms with Gasteiger partial charge < -0.3 is 10.2 Å². The summed E-state index contributed by atoms with van der Waals surface area (Å²) in [5.41, 5.74) is 3.64. The average Bonchev–Trinajstić information content (AvgIpc) is 2.54. The highest BCUT2D eigenvalue weighted by Crippen LogP contribution is 2.31. The number of aromatic nitrogens is 2. The van der Waals surface area contributed by atoms with E-state index in [2.05, 4.69) is 46.4 Å². The number of fused-ring (bicyclic) bond motifs is 1. The smallest absolute Gasteiger partial charge is 0.232 e. The third-order valence-electron chi connectivity index (χ3n) is 4.03. The first-order valence-electron chi connectivity index (χ1n) is 8.23. The molecule has 0 bridgehead atoms. The molecular weight excluding hydrogens is 272 g/mol. The summed E-state index contributed by atoms with van der Waals surface area (Å²) in [4.78, 5) is 11.6. The van der Waals surface area contributed by atoms with E-state index in [9.17, 15) is 0 Å². The Morgan fingerprint density at radius 3 is 2.95 bits per heavy atom. The Hall–Kier alpha value is -2.10. The summed E-state index contributed by atoms with van der Waals surface area (Å²) < 4.78 is 0. The van der Waals surface area contributed by atoms with Crippen molar-refractivity contribution in [3.63, 3.8) is 0 Å². The highest BCUT2D eigenvalue weighted by Gasteiger charge is 2.20. The van der Waals surface area contributed by atoms with Crippen molar-refractivity contribution < 1.29 is 0 Å². The Kier molecular flexibility index (Phi) is 4.56. The third kappa shape index (κ3) is 3.21. The van der Waals surface area contributed by atoms with E-state index in [1.54, 1.807) is 0 Å². The molecule has 0 atom stereocenters. The first-order chi connectivity index (χ1) is 10.8. The third-order valence-corrected chi connectivity index (χ3v) is 4.03. The number of para-hydroxylation sites is 1. The van der Waals surface area contributed by atoms with Crippen LogP contribution in [0.2, 0.25) is 0 Å². The minimum atomic E-state index is 0.811. The number of nitrogens with zero attached hydrogens (tertiary/aromatic N) is 3. The Labute approximate surface area is 132 Å². The molecule has 1 N–H and O–H groups in total. The van der Waals surface area contributed by atoms with Gasteiger partial charge in [-0.15, -0.1) is 0 Å². The second kappa shape index (κ2) is 6.77. The van der Waals surface area contributed by atoms with Gasteiger partial charge in [-0.05, 0) is 37.8 Å². The Morgan fingerprint density at radius 1 is 1.23 bits per heavy atom. The summed E-state index contributed by atoms with van der Waals surface area (Å²) in [7, 11) is 0. The second-order valence-electron chi connectivity index (χ2n) is 5.86. The monoisotopic (exact) mass is 296 g/mol. The van der Waals surface area contributed by atoms with E-state index in [1.165, 1.54) is 17.7 Å². The number of anilines is 3. The van der Waals surface area contributed by atoms with Gasteiger partial charge in [0.1, 0.15) is 5.82 Å². The molecule has 1 aliphatic rings. The van der Waals surface area contributed by atoms with Gasteiger partial charge in [0.15, 0.2) is 0 Å². The van der Waals surface area contributed by atoms with Gasteiger partial charge in [0.2, 0.25) is 5.95 Å². The van der Waals surface area contributed by atoms with E-state index in [0.29, 0.717) is 0 Å². The van der Waals surface area contributed by atoms with Crippen LogP contribution in [0.1, 0.15) is 37.4 Å². The predicted molar refractivity (Wildman–Crippen MR) is 91.9 cm³/mol.